The molecule has 0 aliphatic heterocycles. The van der Waals surface area contributed by atoms with Crippen LogP contribution in [0.5, 0.6) is 5.75 Å². The van der Waals surface area contributed by atoms with Crippen molar-refractivity contribution in [1.82, 2.24) is 10.2 Å². The van der Waals surface area contributed by atoms with E-state index >= 15 is 0 Å². The molecule has 0 bridgehead atoms. The van der Waals surface area contributed by atoms with Crippen LogP contribution in [-0.2, 0) is 29.0 Å². The summed E-state index contributed by atoms with van der Waals surface area (Å²) in [6.07, 6.45) is 1.36. The van der Waals surface area contributed by atoms with Gasteiger partial charge in [0, 0.05) is 24.0 Å². The van der Waals surface area contributed by atoms with E-state index in [1.165, 1.54) is 0 Å². The van der Waals surface area contributed by atoms with E-state index in [-0.39, 0.29) is 30.8 Å². The van der Waals surface area contributed by atoms with E-state index in [0.29, 0.717) is 17.2 Å². The standard InChI is InChI=1S/C29H33ClN2O3/c1-4-21(2)31-29(34)27(18-22-10-6-5-7-11-22)32(20-24-13-9-15-26(17-24)35-3)28(33)19-23-12-8-14-25(30)16-23/h5-17,21,27H,4,18-20H2,1-3H3,(H,31,34)/t21-,27+/m0/s1. The number of halogens is 1. The van der Waals surface area contributed by atoms with E-state index in [4.69, 9.17) is 16.3 Å². The zero-order chi connectivity index (χ0) is 25.2. The molecule has 0 spiro atoms. The predicted octanol–water partition coefficient (Wildman–Crippen LogP) is 5.45. The maximum absolute atomic E-state index is 13.7. The van der Waals surface area contributed by atoms with Gasteiger partial charge in [0.2, 0.25) is 11.8 Å². The first-order chi connectivity index (χ1) is 16.9. The average molecular weight is 493 g/mol. The minimum absolute atomic E-state index is 0.00229. The topological polar surface area (TPSA) is 58.6 Å². The number of ether oxygens (including phenoxy) is 1. The van der Waals surface area contributed by atoms with E-state index < -0.39 is 6.04 Å². The molecule has 5 nitrogen and oxygen atoms in total. The van der Waals surface area contributed by atoms with Crippen molar-refractivity contribution in [2.45, 2.75) is 51.7 Å². The zero-order valence-electron chi connectivity index (χ0n) is 20.5. The normalized spacial score (nSPS) is 12.5. The fraction of sp³-hybridized carbons (Fsp3) is 0.310. The fourth-order valence-electron chi connectivity index (χ4n) is 3.89. The molecule has 35 heavy (non-hydrogen) atoms. The molecule has 0 aliphatic carbocycles. The molecule has 6 heteroatoms. The van der Waals surface area contributed by atoms with Gasteiger partial charge in [-0.3, -0.25) is 9.59 Å². The van der Waals surface area contributed by atoms with Gasteiger partial charge in [-0.25, -0.2) is 0 Å². The molecule has 0 aromatic heterocycles. The molecule has 184 valence electrons. The Hall–Kier alpha value is -3.31. The van der Waals surface area contributed by atoms with Crippen LogP contribution in [-0.4, -0.2) is 35.9 Å². The van der Waals surface area contributed by atoms with Crippen LogP contribution < -0.4 is 10.1 Å². The van der Waals surface area contributed by atoms with Crippen molar-refractivity contribution in [2.24, 2.45) is 0 Å². The van der Waals surface area contributed by atoms with Crippen LogP contribution in [0.3, 0.4) is 0 Å². The van der Waals surface area contributed by atoms with Crippen molar-refractivity contribution in [3.05, 3.63) is 101 Å². The van der Waals surface area contributed by atoms with Crippen LogP contribution in [0.4, 0.5) is 0 Å². The number of nitrogens with zero attached hydrogens (tertiary/aromatic N) is 1. The summed E-state index contributed by atoms with van der Waals surface area (Å²) in [5.74, 6) is 0.397. The molecule has 0 fully saturated rings. The van der Waals surface area contributed by atoms with Crippen molar-refractivity contribution in [1.29, 1.82) is 0 Å². The van der Waals surface area contributed by atoms with Gasteiger partial charge in [0.25, 0.3) is 0 Å². The van der Waals surface area contributed by atoms with E-state index in [9.17, 15) is 9.59 Å². The van der Waals surface area contributed by atoms with Gasteiger partial charge in [0.1, 0.15) is 11.8 Å². The Kier molecular flexibility index (Phi) is 9.74. The highest BCUT2D eigenvalue weighted by molar-refractivity contribution is 6.30. The molecule has 0 aliphatic rings. The first kappa shape index (κ1) is 26.3. The Balaban J connectivity index is 1.98. The zero-order valence-corrected chi connectivity index (χ0v) is 21.3. The second-order valence-corrected chi connectivity index (χ2v) is 9.14. The van der Waals surface area contributed by atoms with Crippen molar-refractivity contribution in [3.63, 3.8) is 0 Å². The van der Waals surface area contributed by atoms with E-state index in [1.54, 1.807) is 24.1 Å². The van der Waals surface area contributed by atoms with Crippen LogP contribution in [0, 0.1) is 0 Å². The van der Waals surface area contributed by atoms with Gasteiger partial charge in [-0.15, -0.1) is 0 Å². The molecule has 2 amide bonds. The summed E-state index contributed by atoms with van der Waals surface area (Å²) in [5, 5.41) is 3.66. The largest absolute Gasteiger partial charge is 0.497 e. The minimum Gasteiger partial charge on any atom is -0.497 e. The monoisotopic (exact) mass is 492 g/mol. The fourth-order valence-corrected chi connectivity index (χ4v) is 4.10. The minimum atomic E-state index is -0.677. The highest BCUT2D eigenvalue weighted by atomic mass is 35.5. The van der Waals surface area contributed by atoms with Crippen LogP contribution in [0.15, 0.2) is 78.9 Å². The van der Waals surface area contributed by atoms with Crippen molar-refractivity contribution < 1.29 is 14.3 Å². The predicted molar refractivity (Wildman–Crippen MR) is 141 cm³/mol. The van der Waals surface area contributed by atoms with Gasteiger partial charge in [0.05, 0.1) is 13.5 Å². The number of nitrogens with one attached hydrogen (secondary N) is 1. The van der Waals surface area contributed by atoms with Crippen molar-refractivity contribution in [3.8, 4) is 5.75 Å². The molecule has 0 saturated heterocycles. The summed E-state index contributed by atoms with van der Waals surface area (Å²) >= 11 is 6.16. The molecule has 0 radical (unpaired) electrons. The van der Waals surface area contributed by atoms with Gasteiger partial charge in [-0.2, -0.15) is 0 Å². The number of carbonyl (C=O) groups is 2. The summed E-state index contributed by atoms with van der Waals surface area (Å²) in [5.41, 5.74) is 2.68. The summed E-state index contributed by atoms with van der Waals surface area (Å²) in [7, 11) is 1.61. The molecule has 0 unspecified atom stereocenters. The Morgan fingerprint density at radius 2 is 1.63 bits per heavy atom. The van der Waals surface area contributed by atoms with Crippen LogP contribution in [0.1, 0.15) is 37.0 Å². The number of rotatable bonds is 11. The molecule has 2 atom stereocenters. The Labute approximate surface area is 213 Å². The first-order valence-electron chi connectivity index (χ1n) is 11.9. The van der Waals surface area contributed by atoms with Crippen LogP contribution >= 0.6 is 11.6 Å². The van der Waals surface area contributed by atoms with Gasteiger partial charge < -0.3 is 15.0 Å². The molecule has 3 rings (SSSR count). The van der Waals surface area contributed by atoms with Crippen molar-refractivity contribution in [2.75, 3.05) is 7.11 Å². The lowest BCUT2D eigenvalue weighted by atomic mass is 10.0. The lowest BCUT2D eigenvalue weighted by Crippen LogP contribution is -2.52. The lowest BCUT2D eigenvalue weighted by Gasteiger charge is -2.32. The first-order valence-corrected chi connectivity index (χ1v) is 12.3. The van der Waals surface area contributed by atoms with Crippen LogP contribution in [0.25, 0.3) is 0 Å². The smallest absolute Gasteiger partial charge is 0.243 e. The number of carbonyl (C=O) groups excluding carboxylic acids is 2. The quantitative estimate of drug-likeness (QED) is 0.387. The van der Waals surface area contributed by atoms with E-state index in [1.807, 2.05) is 80.6 Å². The Bertz CT molecular complexity index is 1120. The third kappa shape index (κ3) is 7.86. The Morgan fingerprint density at radius 1 is 0.943 bits per heavy atom. The highest BCUT2D eigenvalue weighted by Crippen LogP contribution is 2.20. The van der Waals surface area contributed by atoms with Gasteiger partial charge in [-0.1, -0.05) is 73.1 Å². The van der Waals surface area contributed by atoms with E-state index in [2.05, 4.69) is 5.32 Å². The SMILES string of the molecule is CC[C@H](C)NC(=O)[C@@H](Cc1ccccc1)N(Cc1cccc(OC)c1)C(=O)Cc1cccc(Cl)c1. The highest BCUT2D eigenvalue weighted by Gasteiger charge is 2.31. The molecule has 3 aromatic rings. The molecule has 3 aromatic carbocycles. The number of hydrogen-bond acceptors (Lipinski definition) is 3. The molecular weight excluding hydrogens is 460 g/mol. The molecule has 0 heterocycles. The summed E-state index contributed by atoms with van der Waals surface area (Å²) in [4.78, 5) is 29.0. The van der Waals surface area contributed by atoms with Gasteiger partial charge in [-0.05, 0) is 54.3 Å². The average Bonchev–Trinajstić information content (AvgIpc) is 2.86. The second kappa shape index (κ2) is 13.0. The number of amides is 2. The summed E-state index contributed by atoms with van der Waals surface area (Å²) < 4.78 is 5.38. The van der Waals surface area contributed by atoms with E-state index in [0.717, 1.165) is 23.1 Å². The summed E-state index contributed by atoms with van der Waals surface area (Å²) in [6.45, 7) is 4.27. The second-order valence-electron chi connectivity index (χ2n) is 8.70. The lowest BCUT2D eigenvalue weighted by molar-refractivity contribution is -0.141. The maximum atomic E-state index is 13.7. The number of benzene rings is 3. The number of methoxy groups -OCH3 is 1. The molecular formula is C29H33ClN2O3. The molecule has 1 N–H and O–H groups in total. The summed E-state index contributed by atoms with van der Waals surface area (Å²) in [6, 6.07) is 24.0. The Morgan fingerprint density at radius 3 is 2.31 bits per heavy atom. The third-order valence-corrected chi connectivity index (χ3v) is 6.24. The molecule has 0 saturated carbocycles. The number of hydrogen-bond donors (Lipinski definition) is 1. The van der Waals surface area contributed by atoms with Gasteiger partial charge >= 0.3 is 0 Å². The maximum Gasteiger partial charge on any atom is 0.243 e. The van der Waals surface area contributed by atoms with Crippen LogP contribution in [0.2, 0.25) is 5.02 Å². The van der Waals surface area contributed by atoms with Gasteiger partial charge in [0.15, 0.2) is 0 Å². The van der Waals surface area contributed by atoms with Crippen molar-refractivity contribution >= 4 is 23.4 Å². The third-order valence-electron chi connectivity index (χ3n) is 6.00.